The van der Waals surface area contributed by atoms with E-state index in [1.54, 1.807) is 13.8 Å². The van der Waals surface area contributed by atoms with Crippen LogP contribution in [-0.4, -0.2) is 62.2 Å². The van der Waals surface area contributed by atoms with E-state index < -0.39 is 10.2 Å². The van der Waals surface area contributed by atoms with Crippen LogP contribution in [0.2, 0.25) is 0 Å². The second-order valence-electron chi connectivity index (χ2n) is 4.48. The van der Waals surface area contributed by atoms with Crippen molar-refractivity contribution in [2.75, 3.05) is 32.7 Å². The Morgan fingerprint density at radius 1 is 1.35 bits per heavy atom. The Morgan fingerprint density at radius 2 is 1.88 bits per heavy atom. The Hall–Kier alpha value is -0.700. The van der Waals surface area contributed by atoms with Gasteiger partial charge in [0.05, 0.1) is 6.54 Å². The molecule has 0 bridgehead atoms. The van der Waals surface area contributed by atoms with Gasteiger partial charge < -0.3 is 5.73 Å². The Morgan fingerprint density at radius 3 is 2.29 bits per heavy atom. The van der Waals surface area contributed by atoms with Crippen LogP contribution in [0.5, 0.6) is 0 Å². The van der Waals surface area contributed by atoms with Crippen molar-refractivity contribution < 1.29 is 8.42 Å². The predicted molar refractivity (Wildman–Crippen MR) is 67.1 cm³/mol. The molecule has 7 nitrogen and oxygen atoms in total. The predicted octanol–water partition coefficient (Wildman–Crippen LogP) is -1.22. The first-order valence-electron chi connectivity index (χ1n) is 5.64. The van der Waals surface area contributed by atoms with E-state index in [0.29, 0.717) is 32.7 Å². The minimum Gasteiger partial charge on any atom is -0.387 e. The van der Waals surface area contributed by atoms with Crippen LogP contribution in [0.15, 0.2) is 0 Å². The summed E-state index contributed by atoms with van der Waals surface area (Å²) in [6.45, 7) is 6.10. The minimum atomic E-state index is -3.36. The molecule has 0 saturated carbocycles. The van der Waals surface area contributed by atoms with Gasteiger partial charge in [0.1, 0.15) is 5.84 Å². The van der Waals surface area contributed by atoms with Crippen LogP contribution >= 0.6 is 0 Å². The van der Waals surface area contributed by atoms with Crippen LogP contribution in [0.3, 0.4) is 0 Å². The summed E-state index contributed by atoms with van der Waals surface area (Å²) in [5, 5.41) is 7.19. The maximum atomic E-state index is 11.9. The lowest BCUT2D eigenvalue weighted by atomic mass is 10.3. The van der Waals surface area contributed by atoms with Crippen molar-refractivity contribution in [1.82, 2.24) is 13.9 Å². The average Bonchev–Trinajstić information content (AvgIpc) is 2.15. The molecule has 0 radical (unpaired) electrons. The Bertz CT molecular complexity index is 360. The molecule has 4 N–H and O–H groups in total. The molecular weight excluding hydrogens is 242 g/mol. The molecule has 100 valence electrons. The van der Waals surface area contributed by atoms with Crippen LogP contribution in [0, 0.1) is 5.41 Å². The first-order valence-corrected chi connectivity index (χ1v) is 7.08. The van der Waals surface area contributed by atoms with Crippen molar-refractivity contribution in [1.29, 1.82) is 5.41 Å². The molecule has 0 spiro atoms. The van der Waals surface area contributed by atoms with E-state index in [0.717, 1.165) is 0 Å². The summed E-state index contributed by atoms with van der Waals surface area (Å²) in [6, 6.07) is -0.102. The molecule has 1 heterocycles. The highest BCUT2D eigenvalue weighted by Crippen LogP contribution is 2.06. The van der Waals surface area contributed by atoms with Gasteiger partial charge in [0.25, 0.3) is 10.2 Å². The highest BCUT2D eigenvalue weighted by atomic mass is 32.2. The number of nitrogens with two attached hydrogens (primary N) is 1. The zero-order valence-corrected chi connectivity index (χ0v) is 11.1. The molecular formula is C9H21N5O2S. The summed E-state index contributed by atoms with van der Waals surface area (Å²) in [4.78, 5) is 1.98. The molecule has 0 unspecified atom stereocenters. The van der Waals surface area contributed by atoms with Gasteiger partial charge in [-0.05, 0) is 13.8 Å². The fraction of sp³-hybridized carbons (Fsp3) is 0.889. The van der Waals surface area contributed by atoms with Crippen LogP contribution in [0.25, 0.3) is 0 Å². The molecule has 17 heavy (non-hydrogen) atoms. The number of nitrogens with zero attached hydrogens (tertiary/aromatic N) is 2. The fourth-order valence-corrected chi connectivity index (χ4v) is 3.13. The minimum absolute atomic E-state index is 0.102. The summed E-state index contributed by atoms with van der Waals surface area (Å²) in [6.07, 6.45) is 0. The van der Waals surface area contributed by atoms with Crippen LogP contribution in [-0.2, 0) is 10.2 Å². The normalized spacial score (nSPS) is 19.7. The lowest BCUT2D eigenvalue weighted by Gasteiger charge is -2.33. The monoisotopic (exact) mass is 263 g/mol. The topological polar surface area (TPSA) is 103 Å². The number of hydrogen-bond acceptors (Lipinski definition) is 4. The van der Waals surface area contributed by atoms with Crippen LogP contribution < -0.4 is 10.5 Å². The standard InChI is InChI=1S/C9H21N5O2S/c1-8(2)12-17(15,16)14-5-3-13(4-6-14)7-9(10)11/h8,12H,3-7H2,1-2H3,(H3,10,11). The summed E-state index contributed by atoms with van der Waals surface area (Å²) < 4.78 is 27.7. The van der Waals surface area contributed by atoms with Gasteiger partial charge in [0.2, 0.25) is 0 Å². The van der Waals surface area contributed by atoms with E-state index in [1.165, 1.54) is 4.31 Å². The maximum Gasteiger partial charge on any atom is 0.279 e. The quantitative estimate of drug-likeness (QED) is 0.427. The van der Waals surface area contributed by atoms with E-state index in [2.05, 4.69) is 4.72 Å². The third kappa shape index (κ3) is 4.58. The zero-order valence-electron chi connectivity index (χ0n) is 10.3. The van der Waals surface area contributed by atoms with E-state index in [1.807, 2.05) is 4.90 Å². The van der Waals surface area contributed by atoms with Crippen molar-refractivity contribution >= 4 is 16.0 Å². The molecule has 1 saturated heterocycles. The molecule has 1 rings (SSSR count). The van der Waals surface area contributed by atoms with Gasteiger partial charge >= 0.3 is 0 Å². The zero-order chi connectivity index (χ0) is 13.1. The highest BCUT2D eigenvalue weighted by molar-refractivity contribution is 7.87. The molecule has 0 aromatic carbocycles. The van der Waals surface area contributed by atoms with E-state index in [4.69, 9.17) is 11.1 Å². The average molecular weight is 263 g/mol. The van der Waals surface area contributed by atoms with Gasteiger partial charge in [-0.3, -0.25) is 10.3 Å². The SMILES string of the molecule is CC(C)NS(=O)(=O)N1CCN(CC(=N)N)CC1. The molecule has 1 aliphatic rings. The first kappa shape index (κ1) is 14.4. The van der Waals surface area contributed by atoms with Crippen molar-refractivity contribution in [3.05, 3.63) is 0 Å². The second kappa shape index (κ2) is 5.76. The first-order chi connectivity index (χ1) is 7.81. The molecule has 1 fully saturated rings. The van der Waals surface area contributed by atoms with E-state index in [9.17, 15) is 8.42 Å². The number of piperazine rings is 1. The summed E-state index contributed by atoms with van der Waals surface area (Å²) in [5.74, 6) is 0.113. The van der Waals surface area contributed by atoms with Crippen LogP contribution in [0.1, 0.15) is 13.8 Å². The maximum absolute atomic E-state index is 11.9. The fourth-order valence-electron chi connectivity index (χ4n) is 1.74. The third-order valence-electron chi connectivity index (χ3n) is 2.45. The van der Waals surface area contributed by atoms with Crippen molar-refractivity contribution in [3.63, 3.8) is 0 Å². The Kier molecular flexibility index (Phi) is 4.87. The molecule has 0 aromatic rings. The Balaban J connectivity index is 2.49. The van der Waals surface area contributed by atoms with Gasteiger partial charge in [-0.25, -0.2) is 0 Å². The van der Waals surface area contributed by atoms with Gasteiger partial charge in [0.15, 0.2) is 0 Å². The summed E-state index contributed by atoms with van der Waals surface area (Å²) >= 11 is 0. The second-order valence-corrected chi connectivity index (χ2v) is 6.18. The third-order valence-corrected chi connectivity index (χ3v) is 4.26. The van der Waals surface area contributed by atoms with Crippen molar-refractivity contribution in [2.24, 2.45) is 5.73 Å². The van der Waals surface area contributed by atoms with Gasteiger partial charge in [-0.1, -0.05) is 0 Å². The van der Waals surface area contributed by atoms with Gasteiger partial charge in [-0.2, -0.15) is 17.4 Å². The summed E-state index contributed by atoms with van der Waals surface area (Å²) in [7, 11) is -3.36. The lowest BCUT2D eigenvalue weighted by molar-refractivity contribution is 0.207. The molecule has 8 heteroatoms. The number of nitrogens with one attached hydrogen (secondary N) is 2. The smallest absolute Gasteiger partial charge is 0.279 e. The number of hydrogen-bond donors (Lipinski definition) is 3. The highest BCUT2D eigenvalue weighted by Gasteiger charge is 2.27. The lowest BCUT2D eigenvalue weighted by Crippen LogP contribution is -2.54. The molecule has 0 atom stereocenters. The molecule has 0 aromatic heterocycles. The molecule has 0 aliphatic carbocycles. The number of amidine groups is 1. The van der Waals surface area contributed by atoms with Crippen molar-refractivity contribution in [3.8, 4) is 0 Å². The van der Waals surface area contributed by atoms with Gasteiger partial charge in [-0.15, -0.1) is 0 Å². The Labute approximate surface area is 103 Å². The number of rotatable bonds is 5. The van der Waals surface area contributed by atoms with Gasteiger partial charge in [0, 0.05) is 32.2 Å². The molecule has 1 aliphatic heterocycles. The van der Waals surface area contributed by atoms with Crippen molar-refractivity contribution in [2.45, 2.75) is 19.9 Å². The molecule has 0 amide bonds. The van der Waals surface area contributed by atoms with E-state index >= 15 is 0 Å². The van der Waals surface area contributed by atoms with E-state index in [-0.39, 0.29) is 11.9 Å². The largest absolute Gasteiger partial charge is 0.387 e. The summed E-state index contributed by atoms with van der Waals surface area (Å²) in [5.41, 5.74) is 5.31. The van der Waals surface area contributed by atoms with Crippen LogP contribution in [0.4, 0.5) is 0 Å².